The Labute approximate surface area is 598 Å². The van der Waals surface area contributed by atoms with Crippen molar-refractivity contribution in [3.8, 4) is 44.5 Å². The Morgan fingerprint density at radius 3 is 0.706 bits per heavy atom. The SMILES string of the molecule is c1ccc(C(=C(c2ccc(-c3cccc(C4(c5ccc(N(c6ccccc6)c6ccccc6)cc5)c5ccccc5-c5ccccc54)c3)cc2)c2ccc(-c3cccc(C4(c5ccc(N(c6ccccc6)c6ccccc6)cc5)c5ccccc5-c5ccccc54)c3)cc2)c2ccccc2)cc1. The van der Waals surface area contributed by atoms with Crippen LogP contribution in [0, 0.1) is 0 Å². The van der Waals surface area contributed by atoms with Crippen LogP contribution in [0.25, 0.3) is 55.7 Å². The normalized spacial score (nSPS) is 12.7. The summed E-state index contributed by atoms with van der Waals surface area (Å²) in [6, 6.07) is 157. The third kappa shape index (κ3) is 10.5. The highest BCUT2D eigenvalue weighted by atomic mass is 15.1. The predicted molar refractivity (Wildman–Crippen MR) is 426 cm³/mol. The van der Waals surface area contributed by atoms with E-state index in [-0.39, 0.29) is 0 Å². The molecule has 0 spiro atoms. The quantitative estimate of drug-likeness (QED) is 0.0890. The van der Waals surface area contributed by atoms with Gasteiger partial charge in [-0.05, 0) is 207 Å². The van der Waals surface area contributed by atoms with Crippen molar-refractivity contribution in [1.82, 2.24) is 0 Å². The summed E-state index contributed by atoms with van der Waals surface area (Å²) in [7, 11) is 0. The van der Waals surface area contributed by atoms with Gasteiger partial charge in [-0.1, -0.05) is 340 Å². The van der Waals surface area contributed by atoms with Crippen LogP contribution in [0.15, 0.2) is 425 Å². The van der Waals surface area contributed by atoms with E-state index in [2.05, 4.69) is 434 Å². The predicted octanol–water partition coefficient (Wildman–Crippen LogP) is 25.7. The number of para-hydroxylation sites is 4. The molecule has 0 radical (unpaired) electrons. The van der Waals surface area contributed by atoms with Crippen molar-refractivity contribution in [2.24, 2.45) is 0 Å². The van der Waals surface area contributed by atoms with Crippen molar-refractivity contribution in [1.29, 1.82) is 0 Å². The minimum absolute atomic E-state index is 0.606. The Hall–Kier alpha value is -13.1. The number of anilines is 6. The lowest BCUT2D eigenvalue weighted by Crippen LogP contribution is -2.28. The number of benzene rings is 16. The van der Waals surface area contributed by atoms with Crippen molar-refractivity contribution < 1.29 is 0 Å². The van der Waals surface area contributed by atoms with Gasteiger partial charge in [-0.25, -0.2) is 0 Å². The molecular formula is C100H70N2. The molecule has 18 rings (SSSR count). The van der Waals surface area contributed by atoms with Crippen molar-refractivity contribution in [2.45, 2.75) is 10.8 Å². The zero-order chi connectivity index (χ0) is 67.8. The van der Waals surface area contributed by atoms with Gasteiger partial charge in [-0.2, -0.15) is 0 Å². The third-order valence-corrected chi connectivity index (χ3v) is 21.1. The molecule has 0 unspecified atom stereocenters. The molecule has 0 aliphatic heterocycles. The summed E-state index contributed by atoms with van der Waals surface area (Å²) in [6.45, 7) is 0. The molecule has 2 aliphatic rings. The highest BCUT2D eigenvalue weighted by Gasteiger charge is 2.48. The largest absolute Gasteiger partial charge is 0.311 e. The fourth-order valence-electron chi connectivity index (χ4n) is 16.6. The van der Waals surface area contributed by atoms with Gasteiger partial charge in [0.05, 0.1) is 10.8 Å². The zero-order valence-electron chi connectivity index (χ0n) is 56.3. The second-order valence-corrected chi connectivity index (χ2v) is 26.6. The maximum atomic E-state index is 2.44. The van der Waals surface area contributed by atoms with E-state index in [0.29, 0.717) is 0 Å². The molecule has 2 nitrogen and oxygen atoms in total. The molecule has 2 heteroatoms. The van der Waals surface area contributed by atoms with Crippen LogP contribution in [0.1, 0.15) is 66.8 Å². The molecule has 0 aromatic heterocycles. The topological polar surface area (TPSA) is 6.48 Å². The lowest BCUT2D eigenvalue weighted by atomic mass is 9.67. The van der Waals surface area contributed by atoms with Gasteiger partial charge in [-0.15, -0.1) is 0 Å². The van der Waals surface area contributed by atoms with Crippen LogP contribution in [0.4, 0.5) is 34.1 Å². The van der Waals surface area contributed by atoms with E-state index >= 15 is 0 Å². The van der Waals surface area contributed by atoms with Gasteiger partial charge < -0.3 is 9.80 Å². The van der Waals surface area contributed by atoms with Crippen LogP contribution in [-0.2, 0) is 10.8 Å². The van der Waals surface area contributed by atoms with Gasteiger partial charge in [0.25, 0.3) is 0 Å². The summed E-state index contributed by atoms with van der Waals surface area (Å²) in [5.74, 6) is 0. The van der Waals surface area contributed by atoms with Crippen molar-refractivity contribution in [3.05, 3.63) is 491 Å². The summed E-state index contributed by atoms with van der Waals surface area (Å²) in [6.07, 6.45) is 0. The molecule has 0 fully saturated rings. The van der Waals surface area contributed by atoms with E-state index in [1.807, 2.05) is 0 Å². The third-order valence-electron chi connectivity index (χ3n) is 21.1. The monoisotopic (exact) mass is 1300 g/mol. The molecule has 0 heterocycles. The molecule has 16 aromatic carbocycles. The van der Waals surface area contributed by atoms with Crippen LogP contribution >= 0.6 is 0 Å². The smallest absolute Gasteiger partial charge is 0.0713 e. The van der Waals surface area contributed by atoms with E-state index < -0.39 is 10.8 Å². The van der Waals surface area contributed by atoms with Crippen LogP contribution in [-0.4, -0.2) is 0 Å². The molecule has 16 aromatic rings. The van der Waals surface area contributed by atoms with E-state index in [9.17, 15) is 0 Å². The molecule has 0 saturated carbocycles. The van der Waals surface area contributed by atoms with Gasteiger partial charge in [-0.3, -0.25) is 0 Å². The summed E-state index contributed by atoms with van der Waals surface area (Å²) in [5, 5.41) is 0. The van der Waals surface area contributed by atoms with Crippen molar-refractivity contribution >= 4 is 45.3 Å². The Morgan fingerprint density at radius 1 is 0.167 bits per heavy atom. The minimum Gasteiger partial charge on any atom is -0.311 e. The number of hydrogen-bond acceptors (Lipinski definition) is 2. The van der Waals surface area contributed by atoms with Crippen LogP contribution in [0.3, 0.4) is 0 Å². The van der Waals surface area contributed by atoms with Gasteiger partial charge in [0.2, 0.25) is 0 Å². The maximum Gasteiger partial charge on any atom is 0.0713 e. The highest BCUT2D eigenvalue weighted by Crippen LogP contribution is 2.59. The first-order valence-electron chi connectivity index (χ1n) is 35.3. The van der Waals surface area contributed by atoms with Crippen LogP contribution in [0.5, 0.6) is 0 Å². The van der Waals surface area contributed by atoms with E-state index in [1.165, 1.54) is 72.3 Å². The van der Waals surface area contributed by atoms with Gasteiger partial charge >= 0.3 is 0 Å². The summed E-state index contributed by atoms with van der Waals surface area (Å²) in [4.78, 5) is 4.68. The molecule has 0 amide bonds. The maximum absolute atomic E-state index is 2.44. The second kappa shape index (κ2) is 26.3. The fraction of sp³-hybridized carbons (Fsp3) is 0.0200. The molecule has 0 bridgehead atoms. The van der Waals surface area contributed by atoms with Crippen LogP contribution in [0.2, 0.25) is 0 Å². The first kappa shape index (κ1) is 61.2. The molecule has 2 aliphatic carbocycles. The number of rotatable bonds is 16. The Kier molecular flexibility index (Phi) is 15.8. The summed E-state index contributed by atoms with van der Waals surface area (Å²) >= 11 is 0. The lowest BCUT2D eigenvalue weighted by molar-refractivity contribution is 0.769. The molecule has 0 N–H and O–H groups in total. The molecular weight excluding hydrogens is 1230 g/mol. The van der Waals surface area contributed by atoms with Crippen LogP contribution < -0.4 is 9.80 Å². The van der Waals surface area contributed by atoms with E-state index in [0.717, 1.165) is 84.2 Å². The first-order chi connectivity index (χ1) is 50.6. The Bertz CT molecular complexity index is 5170. The van der Waals surface area contributed by atoms with Gasteiger partial charge in [0.15, 0.2) is 0 Å². The van der Waals surface area contributed by atoms with Crippen molar-refractivity contribution in [2.75, 3.05) is 9.80 Å². The number of hydrogen-bond donors (Lipinski definition) is 0. The second-order valence-electron chi connectivity index (χ2n) is 26.6. The first-order valence-corrected chi connectivity index (χ1v) is 35.3. The standard InChI is InChI=1S/C100H70N2/c1-7-29-73(30-8-1)97(74-31-9-2-10-32-74)98(75-57-53-71(54-58-75)77-33-27-35-81(69-77)99(93-49-23-19-45-89(93)90-46-20-24-50-94(90)99)79-61-65-87(66-62-79)101(83-37-11-3-12-38-83)84-39-13-4-14-40-84)76-59-55-72(56-60-76)78-34-28-36-82(70-78)100(95-51-25-21-47-91(95)92-48-22-26-52-96(92)100)80-63-67-88(68-64-80)102(85-41-15-5-16-42-85)86-43-17-6-18-44-86/h1-70H. The number of fused-ring (bicyclic) bond motifs is 6. The molecule has 480 valence electrons. The van der Waals surface area contributed by atoms with E-state index in [1.54, 1.807) is 0 Å². The lowest BCUT2D eigenvalue weighted by Gasteiger charge is -2.35. The average Bonchev–Trinajstić information content (AvgIpc) is 1.54. The van der Waals surface area contributed by atoms with Gasteiger partial charge in [0.1, 0.15) is 0 Å². The molecule has 0 saturated heterocycles. The highest BCUT2D eigenvalue weighted by molar-refractivity contribution is 6.05. The fourth-order valence-corrected chi connectivity index (χ4v) is 16.6. The van der Waals surface area contributed by atoms with Gasteiger partial charge in [0, 0.05) is 34.1 Å². The van der Waals surface area contributed by atoms with Crippen molar-refractivity contribution in [3.63, 3.8) is 0 Å². The number of nitrogens with zero attached hydrogens (tertiary/aromatic N) is 2. The average molecular weight is 1300 g/mol. The minimum atomic E-state index is -0.606. The molecule has 102 heavy (non-hydrogen) atoms. The van der Waals surface area contributed by atoms with E-state index in [4.69, 9.17) is 0 Å². The molecule has 0 atom stereocenters. The Balaban J connectivity index is 0.735. The summed E-state index contributed by atoms with van der Waals surface area (Å²) < 4.78 is 0. The summed E-state index contributed by atoms with van der Waals surface area (Å²) in [5.41, 5.74) is 31.9. The Morgan fingerprint density at radius 2 is 0.412 bits per heavy atom. The zero-order valence-corrected chi connectivity index (χ0v) is 56.3.